The maximum absolute atomic E-state index is 11.1. The Kier molecular flexibility index (Phi) is 9.78. The van der Waals surface area contributed by atoms with Crippen LogP contribution in [0.3, 0.4) is 0 Å². The number of unbranched alkanes of at least 4 members (excludes halogenated alkanes) is 3. The van der Waals surface area contributed by atoms with Crippen LogP contribution >= 0.6 is 0 Å². The largest absolute Gasteiger partial charge is 0.461 e. The molecule has 0 fully saturated rings. The fourth-order valence-electron chi connectivity index (χ4n) is 1.12. The third kappa shape index (κ3) is 9.50. The van der Waals surface area contributed by atoms with Crippen molar-refractivity contribution < 1.29 is 9.53 Å². The molecule has 0 N–H and O–H groups in total. The van der Waals surface area contributed by atoms with Gasteiger partial charge < -0.3 is 4.74 Å². The lowest BCUT2D eigenvalue weighted by atomic mass is 10.2. The van der Waals surface area contributed by atoms with Gasteiger partial charge in [0, 0.05) is 0 Å². The minimum Gasteiger partial charge on any atom is -0.461 e. The van der Waals surface area contributed by atoms with E-state index in [1.54, 1.807) is 0 Å². The smallest absolute Gasteiger partial charge is 0.308 e. The molecule has 92 valence electrons. The Bertz CT molecular complexity index is 227. The molecule has 2 heteroatoms. The van der Waals surface area contributed by atoms with E-state index >= 15 is 0 Å². The summed E-state index contributed by atoms with van der Waals surface area (Å²) in [6, 6.07) is 0. The summed E-state index contributed by atoms with van der Waals surface area (Å²) in [5, 5.41) is 0. The van der Waals surface area contributed by atoms with E-state index in [1.807, 2.05) is 32.1 Å². The molecule has 0 aromatic carbocycles. The van der Waals surface area contributed by atoms with Crippen LogP contribution < -0.4 is 0 Å². The van der Waals surface area contributed by atoms with Crippen molar-refractivity contribution in [3.05, 3.63) is 24.3 Å². The third-order valence-electron chi connectivity index (χ3n) is 2.15. The molecule has 0 rings (SSSR count). The summed E-state index contributed by atoms with van der Waals surface area (Å²) in [7, 11) is 0. The predicted molar refractivity (Wildman–Crippen MR) is 68.2 cm³/mol. The maximum Gasteiger partial charge on any atom is 0.308 e. The summed E-state index contributed by atoms with van der Waals surface area (Å²) in [4.78, 5) is 11.1. The van der Waals surface area contributed by atoms with Crippen LogP contribution in [0.2, 0.25) is 0 Å². The van der Waals surface area contributed by atoms with Gasteiger partial charge in [0.2, 0.25) is 0 Å². The number of ether oxygens (including phenoxy) is 1. The highest BCUT2D eigenvalue weighted by atomic mass is 16.5. The van der Waals surface area contributed by atoms with Crippen LogP contribution in [0, 0.1) is 5.92 Å². The Morgan fingerprint density at radius 1 is 1.19 bits per heavy atom. The van der Waals surface area contributed by atoms with Gasteiger partial charge in [-0.25, -0.2) is 0 Å². The fourth-order valence-corrected chi connectivity index (χ4v) is 1.12. The van der Waals surface area contributed by atoms with Crippen LogP contribution in [0.4, 0.5) is 0 Å². The van der Waals surface area contributed by atoms with Gasteiger partial charge in [0.15, 0.2) is 0 Å². The first kappa shape index (κ1) is 14.9. The topological polar surface area (TPSA) is 26.3 Å². The molecule has 0 saturated heterocycles. The first-order valence-electron chi connectivity index (χ1n) is 6.16. The number of carbonyl (C=O) groups is 1. The molecule has 0 bridgehead atoms. The van der Waals surface area contributed by atoms with Gasteiger partial charge in [-0.2, -0.15) is 0 Å². The van der Waals surface area contributed by atoms with E-state index < -0.39 is 0 Å². The van der Waals surface area contributed by atoms with Crippen molar-refractivity contribution in [2.45, 2.75) is 46.5 Å². The van der Waals surface area contributed by atoms with Crippen LogP contribution in [-0.2, 0) is 9.53 Å². The van der Waals surface area contributed by atoms with Crippen molar-refractivity contribution in [2.24, 2.45) is 5.92 Å². The van der Waals surface area contributed by atoms with Crippen molar-refractivity contribution in [3.63, 3.8) is 0 Å². The Morgan fingerprint density at radius 2 is 1.88 bits per heavy atom. The van der Waals surface area contributed by atoms with Crippen LogP contribution in [-0.4, -0.2) is 12.6 Å². The summed E-state index contributed by atoms with van der Waals surface area (Å²) in [5.41, 5.74) is 0. The van der Waals surface area contributed by atoms with Crippen molar-refractivity contribution >= 4 is 5.97 Å². The Balaban J connectivity index is 3.44. The summed E-state index contributed by atoms with van der Waals surface area (Å²) in [6.07, 6.45) is 12.9. The Morgan fingerprint density at radius 3 is 2.50 bits per heavy atom. The van der Waals surface area contributed by atoms with Crippen LogP contribution in [0.5, 0.6) is 0 Å². The van der Waals surface area contributed by atoms with E-state index in [9.17, 15) is 4.79 Å². The molecule has 0 heterocycles. The van der Waals surface area contributed by atoms with Gasteiger partial charge in [0.1, 0.15) is 6.61 Å². The standard InChI is InChI=1S/C14H24O2/c1-4-5-6-7-8-9-10-11-12-16-14(15)13(2)3/h8-11,13H,4-7,12H2,1-3H3/b9-8+,11-10+. The quantitative estimate of drug-likeness (QED) is 0.355. The van der Waals surface area contributed by atoms with Crippen LogP contribution in [0.25, 0.3) is 0 Å². The number of allylic oxidation sites excluding steroid dienone is 3. The van der Waals surface area contributed by atoms with E-state index in [0.29, 0.717) is 6.61 Å². The van der Waals surface area contributed by atoms with E-state index in [-0.39, 0.29) is 11.9 Å². The number of rotatable bonds is 8. The van der Waals surface area contributed by atoms with E-state index in [4.69, 9.17) is 4.74 Å². The summed E-state index contributed by atoms with van der Waals surface area (Å²) < 4.78 is 4.99. The molecule has 0 aromatic rings. The van der Waals surface area contributed by atoms with Crippen molar-refractivity contribution in [1.29, 1.82) is 0 Å². The lowest BCUT2D eigenvalue weighted by Crippen LogP contribution is -2.11. The summed E-state index contributed by atoms with van der Waals surface area (Å²) in [6.45, 7) is 6.24. The maximum atomic E-state index is 11.1. The number of esters is 1. The molecule has 0 aliphatic carbocycles. The van der Waals surface area contributed by atoms with Gasteiger partial charge >= 0.3 is 5.97 Å². The lowest BCUT2D eigenvalue weighted by molar-refractivity contribution is -0.146. The second kappa shape index (κ2) is 10.5. The zero-order chi connectivity index (χ0) is 12.2. The Labute approximate surface area is 99.4 Å². The minimum absolute atomic E-state index is 0.0435. The normalized spacial score (nSPS) is 11.8. The number of hydrogen-bond donors (Lipinski definition) is 0. The SMILES string of the molecule is CCCCC/C=C/C=C/COC(=O)C(C)C. The second-order valence-corrected chi connectivity index (χ2v) is 4.14. The van der Waals surface area contributed by atoms with Crippen molar-refractivity contribution in [2.75, 3.05) is 6.61 Å². The lowest BCUT2D eigenvalue weighted by Gasteiger charge is -2.02. The molecular weight excluding hydrogens is 200 g/mol. The van der Waals surface area contributed by atoms with E-state index in [2.05, 4.69) is 13.0 Å². The molecule has 0 amide bonds. The highest BCUT2D eigenvalue weighted by Crippen LogP contribution is 1.99. The van der Waals surface area contributed by atoms with Gasteiger partial charge in [-0.3, -0.25) is 4.79 Å². The van der Waals surface area contributed by atoms with Gasteiger partial charge in [0.25, 0.3) is 0 Å². The summed E-state index contributed by atoms with van der Waals surface area (Å²) in [5.74, 6) is -0.186. The Hall–Kier alpha value is -1.05. The molecular formula is C14H24O2. The van der Waals surface area contributed by atoms with E-state index in [0.717, 1.165) is 6.42 Å². The van der Waals surface area contributed by atoms with Crippen molar-refractivity contribution in [3.8, 4) is 0 Å². The highest BCUT2D eigenvalue weighted by Gasteiger charge is 2.05. The molecule has 0 aliphatic rings. The monoisotopic (exact) mass is 224 g/mol. The zero-order valence-electron chi connectivity index (χ0n) is 10.7. The second-order valence-electron chi connectivity index (χ2n) is 4.14. The van der Waals surface area contributed by atoms with Crippen LogP contribution in [0.15, 0.2) is 24.3 Å². The first-order chi connectivity index (χ1) is 7.68. The highest BCUT2D eigenvalue weighted by molar-refractivity contribution is 5.71. The minimum atomic E-state index is -0.142. The molecule has 0 spiro atoms. The number of hydrogen-bond acceptors (Lipinski definition) is 2. The first-order valence-corrected chi connectivity index (χ1v) is 6.16. The zero-order valence-corrected chi connectivity index (χ0v) is 10.7. The predicted octanol–water partition coefficient (Wildman–Crippen LogP) is 3.88. The fraction of sp³-hybridized carbons (Fsp3) is 0.643. The average molecular weight is 224 g/mol. The average Bonchev–Trinajstić information content (AvgIpc) is 2.26. The molecule has 2 nitrogen and oxygen atoms in total. The van der Waals surface area contributed by atoms with Gasteiger partial charge in [-0.15, -0.1) is 0 Å². The summed E-state index contributed by atoms with van der Waals surface area (Å²) >= 11 is 0. The van der Waals surface area contributed by atoms with Crippen LogP contribution in [0.1, 0.15) is 46.5 Å². The number of carbonyl (C=O) groups excluding carboxylic acids is 1. The molecule has 0 aromatic heterocycles. The molecule has 0 unspecified atom stereocenters. The van der Waals surface area contributed by atoms with Crippen molar-refractivity contribution in [1.82, 2.24) is 0 Å². The molecule has 0 radical (unpaired) electrons. The van der Waals surface area contributed by atoms with Gasteiger partial charge in [-0.1, -0.05) is 51.8 Å². The van der Waals surface area contributed by atoms with E-state index in [1.165, 1.54) is 19.3 Å². The van der Waals surface area contributed by atoms with Gasteiger partial charge in [-0.05, 0) is 18.9 Å². The molecule has 0 saturated carbocycles. The molecule has 0 aliphatic heterocycles. The third-order valence-corrected chi connectivity index (χ3v) is 2.15. The van der Waals surface area contributed by atoms with Gasteiger partial charge in [0.05, 0.1) is 5.92 Å². The molecule has 0 atom stereocenters. The molecule has 16 heavy (non-hydrogen) atoms.